The third-order valence-electron chi connectivity index (χ3n) is 5.47. The second-order valence-electron chi connectivity index (χ2n) is 6.66. The lowest BCUT2D eigenvalue weighted by molar-refractivity contribution is -0.154. The van der Waals surface area contributed by atoms with Crippen LogP contribution in [-0.2, 0) is 14.3 Å². The normalized spacial score (nSPS) is 34.2. The monoisotopic (exact) mass is 281 g/mol. The van der Waals surface area contributed by atoms with Gasteiger partial charge in [0.25, 0.3) is 0 Å². The van der Waals surface area contributed by atoms with Gasteiger partial charge in [-0.2, -0.15) is 0 Å². The zero-order valence-electron chi connectivity index (χ0n) is 12.6. The van der Waals surface area contributed by atoms with Crippen molar-refractivity contribution in [1.29, 1.82) is 0 Å². The van der Waals surface area contributed by atoms with Crippen molar-refractivity contribution < 1.29 is 14.3 Å². The number of carbonyl (C=O) groups excluding carboxylic acids is 1. The van der Waals surface area contributed by atoms with Gasteiger partial charge in [0.05, 0.1) is 12.7 Å². The van der Waals surface area contributed by atoms with Crippen LogP contribution in [0.25, 0.3) is 0 Å². The Labute approximate surface area is 121 Å². The van der Waals surface area contributed by atoms with E-state index in [9.17, 15) is 4.79 Å². The molecule has 0 aromatic heterocycles. The predicted molar refractivity (Wildman–Crippen MR) is 76.5 cm³/mol. The SMILES string of the molecule is COC(=O)C1CCCCN1C1CCOC2(CCCC2)C1. The first kappa shape index (κ1) is 14.3. The molecule has 2 unspecified atom stereocenters. The predicted octanol–water partition coefficient (Wildman–Crippen LogP) is 2.51. The third-order valence-corrected chi connectivity index (χ3v) is 5.47. The summed E-state index contributed by atoms with van der Waals surface area (Å²) in [5, 5.41) is 0. The van der Waals surface area contributed by atoms with E-state index in [1.54, 1.807) is 0 Å². The molecular weight excluding hydrogens is 254 g/mol. The van der Waals surface area contributed by atoms with Crippen molar-refractivity contribution in [3.8, 4) is 0 Å². The Hall–Kier alpha value is -0.610. The number of ether oxygens (including phenoxy) is 2. The molecule has 0 amide bonds. The lowest BCUT2D eigenvalue weighted by atomic mass is 9.86. The van der Waals surface area contributed by atoms with Gasteiger partial charge >= 0.3 is 5.97 Å². The molecule has 4 heteroatoms. The van der Waals surface area contributed by atoms with Gasteiger partial charge in [-0.25, -0.2) is 0 Å². The Bertz CT molecular complexity index is 352. The second kappa shape index (κ2) is 6.02. The van der Waals surface area contributed by atoms with Crippen molar-refractivity contribution in [2.45, 2.75) is 75.5 Å². The minimum atomic E-state index is -0.0448. The summed E-state index contributed by atoms with van der Waals surface area (Å²) >= 11 is 0. The number of carbonyl (C=O) groups is 1. The lowest BCUT2D eigenvalue weighted by Gasteiger charge is -2.46. The smallest absolute Gasteiger partial charge is 0.323 e. The summed E-state index contributed by atoms with van der Waals surface area (Å²) in [7, 11) is 1.51. The molecule has 4 nitrogen and oxygen atoms in total. The molecule has 2 saturated heterocycles. The molecule has 2 heterocycles. The topological polar surface area (TPSA) is 38.8 Å². The number of methoxy groups -OCH3 is 1. The number of rotatable bonds is 2. The minimum Gasteiger partial charge on any atom is -0.468 e. The van der Waals surface area contributed by atoms with Crippen molar-refractivity contribution in [3.05, 3.63) is 0 Å². The van der Waals surface area contributed by atoms with E-state index in [0.717, 1.165) is 38.8 Å². The first-order chi connectivity index (χ1) is 9.74. The van der Waals surface area contributed by atoms with Crippen LogP contribution in [0.5, 0.6) is 0 Å². The largest absolute Gasteiger partial charge is 0.468 e. The quantitative estimate of drug-likeness (QED) is 0.729. The van der Waals surface area contributed by atoms with E-state index in [0.29, 0.717) is 6.04 Å². The molecule has 2 aliphatic heterocycles. The van der Waals surface area contributed by atoms with Gasteiger partial charge in [0.2, 0.25) is 0 Å². The maximum atomic E-state index is 12.0. The van der Waals surface area contributed by atoms with E-state index >= 15 is 0 Å². The van der Waals surface area contributed by atoms with Crippen LogP contribution >= 0.6 is 0 Å². The Morgan fingerprint density at radius 1 is 1.20 bits per heavy atom. The summed E-state index contributed by atoms with van der Waals surface area (Å²) in [6.45, 7) is 1.90. The lowest BCUT2D eigenvalue weighted by Crippen LogP contribution is -2.55. The van der Waals surface area contributed by atoms with Crippen LogP contribution in [0.3, 0.4) is 0 Å². The first-order valence-corrected chi connectivity index (χ1v) is 8.22. The maximum Gasteiger partial charge on any atom is 0.323 e. The summed E-state index contributed by atoms with van der Waals surface area (Å²) < 4.78 is 11.1. The molecular formula is C16H27NO3. The minimum absolute atomic E-state index is 0.0182. The van der Waals surface area contributed by atoms with E-state index < -0.39 is 0 Å². The number of hydrogen-bond acceptors (Lipinski definition) is 4. The van der Waals surface area contributed by atoms with Gasteiger partial charge in [-0.05, 0) is 45.1 Å². The number of esters is 1. The Kier molecular flexibility index (Phi) is 4.32. The maximum absolute atomic E-state index is 12.0. The molecule has 1 saturated carbocycles. The van der Waals surface area contributed by atoms with Gasteiger partial charge in [0.1, 0.15) is 6.04 Å². The van der Waals surface area contributed by atoms with Crippen molar-refractivity contribution in [2.24, 2.45) is 0 Å². The molecule has 2 atom stereocenters. The summed E-state index contributed by atoms with van der Waals surface area (Å²) in [5.74, 6) is -0.0448. The van der Waals surface area contributed by atoms with E-state index in [4.69, 9.17) is 9.47 Å². The number of nitrogens with zero attached hydrogens (tertiary/aromatic N) is 1. The van der Waals surface area contributed by atoms with Crippen LogP contribution in [-0.4, -0.2) is 48.8 Å². The van der Waals surface area contributed by atoms with E-state index in [1.165, 1.54) is 39.2 Å². The van der Waals surface area contributed by atoms with Crippen molar-refractivity contribution >= 4 is 5.97 Å². The number of likely N-dealkylation sites (tertiary alicyclic amines) is 1. The van der Waals surface area contributed by atoms with E-state index in [-0.39, 0.29) is 17.6 Å². The standard InChI is InChI=1S/C16H27NO3/c1-19-15(18)14-6-2-5-10-17(14)13-7-11-20-16(12-13)8-3-4-9-16/h13-14H,2-12H2,1H3. The zero-order valence-corrected chi connectivity index (χ0v) is 12.6. The van der Waals surface area contributed by atoms with Crippen molar-refractivity contribution in [3.63, 3.8) is 0 Å². The van der Waals surface area contributed by atoms with Gasteiger partial charge in [0.15, 0.2) is 0 Å². The molecule has 1 spiro atoms. The van der Waals surface area contributed by atoms with Gasteiger partial charge in [-0.1, -0.05) is 19.3 Å². The average Bonchev–Trinajstić information content (AvgIpc) is 2.94. The molecule has 0 bridgehead atoms. The third kappa shape index (κ3) is 2.73. The highest BCUT2D eigenvalue weighted by atomic mass is 16.5. The fourth-order valence-corrected chi connectivity index (χ4v) is 4.43. The molecule has 0 aromatic rings. The number of piperidine rings is 1. The van der Waals surface area contributed by atoms with Crippen LogP contribution in [0.4, 0.5) is 0 Å². The average molecular weight is 281 g/mol. The number of hydrogen-bond donors (Lipinski definition) is 0. The molecule has 1 aliphatic carbocycles. The van der Waals surface area contributed by atoms with E-state index in [1.807, 2.05) is 0 Å². The highest BCUT2D eigenvalue weighted by molar-refractivity contribution is 5.75. The molecule has 0 aromatic carbocycles. The zero-order chi connectivity index (χ0) is 14.0. The Morgan fingerprint density at radius 3 is 2.75 bits per heavy atom. The fourth-order valence-electron chi connectivity index (χ4n) is 4.43. The summed E-state index contributed by atoms with van der Waals surface area (Å²) in [6, 6.07) is 0.488. The molecule has 3 fully saturated rings. The van der Waals surface area contributed by atoms with Gasteiger partial charge in [-0.3, -0.25) is 9.69 Å². The molecule has 114 valence electrons. The first-order valence-electron chi connectivity index (χ1n) is 8.22. The van der Waals surface area contributed by atoms with Crippen LogP contribution in [0.15, 0.2) is 0 Å². The summed E-state index contributed by atoms with van der Waals surface area (Å²) in [4.78, 5) is 14.5. The van der Waals surface area contributed by atoms with Crippen LogP contribution < -0.4 is 0 Å². The molecule has 0 N–H and O–H groups in total. The highest BCUT2D eigenvalue weighted by Gasteiger charge is 2.44. The molecule has 0 radical (unpaired) electrons. The summed E-state index contributed by atoms with van der Waals surface area (Å²) in [6.07, 6.45) is 10.5. The van der Waals surface area contributed by atoms with Gasteiger partial charge < -0.3 is 9.47 Å². The summed E-state index contributed by atoms with van der Waals surface area (Å²) in [5.41, 5.74) is 0.126. The Balaban J connectivity index is 1.70. The van der Waals surface area contributed by atoms with Gasteiger partial charge in [0, 0.05) is 12.6 Å². The fraction of sp³-hybridized carbons (Fsp3) is 0.938. The van der Waals surface area contributed by atoms with Crippen molar-refractivity contribution in [2.75, 3.05) is 20.3 Å². The van der Waals surface area contributed by atoms with E-state index in [2.05, 4.69) is 4.90 Å². The van der Waals surface area contributed by atoms with Crippen LogP contribution in [0.1, 0.15) is 57.8 Å². The molecule has 3 rings (SSSR count). The molecule has 20 heavy (non-hydrogen) atoms. The second-order valence-corrected chi connectivity index (χ2v) is 6.66. The van der Waals surface area contributed by atoms with Crippen LogP contribution in [0, 0.1) is 0 Å². The van der Waals surface area contributed by atoms with Crippen molar-refractivity contribution in [1.82, 2.24) is 4.90 Å². The molecule has 3 aliphatic rings. The van der Waals surface area contributed by atoms with Crippen LogP contribution in [0.2, 0.25) is 0 Å². The van der Waals surface area contributed by atoms with Gasteiger partial charge in [-0.15, -0.1) is 0 Å². The Morgan fingerprint density at radius 2 is 2.00 bits per heavy atom. The highest BCUT2D eigenvalue weighted by Crippen LogP contribution is 2.42.